The van der Waals surface area contributed by atoms with Gasteiger partial charge >= 0.3 is 0 Å². The Kier molecular flexibility index (Phi) is 4.84. The maximum Gasteiger partial charge on any atom is 0.258 e. The molecule has 0 spiro atoms. The molecule has 0 radical (unpaired) electrons. The van der Waals surface area contributed by atoms with Gasteiger partial charge in [-0.1, -0.05) is 32.4 Å². The Morgan fingerprint density at radius 3 is 2.56 bits per heavy atom. The van der Waals surface area contributed by atoms with E-state index in [1.165, 1.54) is 0 Å². The number of aromatic amines is 1. The van der Waals surface area contributed by atoms with Crippen LogP contribution in [-0.4, -0.2) is 51.9 Å². The standard InChI is InChI=1S/C18H23ClN4O2/c1-18(2,3)17(25)23-8-6-22(7-9-23)11-15-20-14-5-4-12(19)10-13(14)16(24)21-15/h4-5,10H,6-9,11H2,1-3H3,(H,20,21,24). The minimum absolute atomic E-state index is 0.177. The van der Waals surface area contributed by atoms with Crippen LogP contribution in [0.25, 0.3) is 10.9 Å². The highest BCUT2D eigenvalue weighted by Gasteiger charge is 2.29. The van der Waals surface area contributed by atoms with Crippen LogP contribution in [0, 0.1) is 5.41 Å². The van der Waals surface area contributed by atoms with E-state index in [4.69, 9.17) is 11.6 Å². The number of carbonyl (C=O) groups is 1. The van der Waals surface area contributed by atoms with E-state index in [-0.39, 0.29) is 16.9 Å². The van der Waals surface area contributed by atoms with Gasteiger partial charge in [0.05, 0.1) is 17.4 Å². The van der Waals surface area contributed by atoms with E-state index in [1.54, 1.807) is 18.2 Å². The summed E-state index contributed by atoms with van der Waals surface area (Å²) in [6.07, 6.45) is 0. The number of amides is 1. The largest absolute Gasteiger partial charge is 0.340 e. The number of hydrogen-bond acceptors (Lipinski definition) is 4. The molecule has 1 aromatic carbocycles. The summed E-state index contributed by atoms with van der Waals surface area (Å²) in [5, 5.41) is 1.02. The molecule has 3 rings (SSSR count). The summed E-state index contributed by atoms with van der Waals surface area (Å²) in [5.74, 6) is 0.816. The molecule has 134 valence electrons. The van der Waals surface area contributed by atoms with Gasteiger partial charge in [-0.25, -0.2) is 4.98 Å². The molecule has 2 aromatic rings. The van der Waals surface area contributed by atoms with Crippen molar-refractivity contribution < 1.29 is 4.79 Å². The molecule has 7 heteroatoms. The molecule has 2 heterocycles. The highest BCUT2D eigenvalue weighted by Crippen LogP contribution is 2.19. The third-order valence-corrected chi connectivity index (χ3v) is 4.63. The molecule has 0 atom stereocenters. The second kappa shape index (κ2) is 6.77. The Labute approximate surface area is 151 Å². The summed E-state index contributed by atoms with van der Waals surface area (Å²) in [6.45, 7) is 9.32. The van der Waals surface area contributed by atoms with Crippen LogP contribution in [0.15, 0.2) is 23.0 Å². The van der Waals surface area contributed by atoms with Gasteiger partial charge in [-0.15, -0.1) is 0 Å². The predicted molar refractivity (Wildman–Crippen MR) is 98.7 cm³/mol. The van der Waals surface area contributed by atoms with Crippen LogP contribution < -0.4 is 5.56 Å². The molecular weight excluding hydrogens is 340 g/mol. The van der Waals surface area contributed by atoms with E-state index in [9.17, 15) is 9.59 Å². The smallest absolute Gasteiger partial charge is 0.258 e. The quantitative estimate of drug-likeness (QED) is 0.889. The molecule has 1 saturated heterocycles. The van der Waals surface area contributed by atoms with Gasteiger partial charge in [0.1, 0.15) is 5.82 Å². The average Bonchev–Trinajstić information content (AvgIpc) is 2.55. The molecule has 1 N–H and O–H groups in total. The fraction of sp³-hybridized carbons (Fsp3) is 0.500. The molecule has 0 unspecified atom stereocenters. The molecular formula is C18H23ClN4O2. The van der Waals surface area contributed by atoms with Crippen LogP contribution in [0.1, 0.15) is 26.6 Å². The summed E-state index contributed by atoms with van der Waals surface area (Å²) in [5.41, 5.74) is 0.114. The second-order valence-corrected chi connectivity index (χ2v) is 7.93. The number of H-pyrrole nitrogens is 1. The first kappa shape index (κ1) is 17.9. The van der Waals surface area contributed by atoms with Crippen LogP contribution in [0.5, 0.6) is 0 Å². The van der Waals surface area contributed by atoms with Crippen LogP contribution in [-0.2, 0) is 11.3 Å². The van der Waals surface area contributed by atoms with Gasteiger partial charge in [0, 0.05) is 36.6 Å². The van der Waals surface area contributed by atoms with Crippen LogP contribution in [0.2, 0.25) is 5.02 Å². The molecule has 6 nitrogen and oxygen atoms in total. The third-order valence-electron chi connectivity index (χ3n) is 4.39. The van der Waals surface area contributed by atoms with Crippen molar-refractivity contribution in [3.8, 4) is 0 Å². The van der Waals surface area contributed by atoms with E-state index in [0.717, 1.165) is 13.1 Å². The number of carbonyl (C=O) groups excluding carboxylic acids is 1. The van der Waals surface area contributed by atoms with Crippen molar-refractivity contribution in [2.45, 2.75) is 27.3 Å². The zero-order chi connectivity index (χ0) is 18.2. The Morgan fingerprint density at radius 2 is 1.92 bits per heavy atom. The van der Waals surface area contributed by atoms with Crippen molar-refractivity contribution in [1.82, 2.24) is 19.8 Å². The Morgan fingerprint density at radius 1 is 1.24 bits per heavy atom. The highest BCUT2D eigenvalue weighted by molar-refractivity contribution is 6.31. The SMILES string of the molecule is CC(C)(C)C(=O)N1CCN(Cc2nc3ccc(Cl)cc3c(=O)[nH]2)CC1. The molecule has 1 aromatic heterocycles. The van der Waals surface area contributed by atoms with E-state index in [0.29, 0.717) is 41.4 Å². The number of hydrogen-bond donors (Lipinski definition) is 1. The van der Waals surface area contributed by atoms with Gasteiger partial charge in [0.2, 0.25) is 5.91 Å². The minimum atomic E-state index is -0.353. The molecule has 1 aliphatic heterocycles. The minimum Gasteiger partial charge on any atom is -0.340 e. The van der Waals surface area contributed by atoms with Crippen molar-refractivity contribution in [2.24, 2.45) is 5.41 Å². The van der Waals surface area contributed by atoms with Crippen molar-refractivity contribution in [1.29, 1.82) is 0 Å². The Hall–Kier alpha value is -1.92. The topological polar surface area (TPSA) is 69.3 Å². The first-order chi connectivity index (χ1) is 11.7. The zero-order valence-corrected chi connectivity index (χ0v) is 15.6. The van der Waals surface area contributed by atoms with Gasteiger partial charge in [-0.05, 0) is 18.2 Å². The average molecular weight is 363 g/mol. The lowest BCUT2D eigenvalue weighted by Gasteiger charge is -2.37. The molecule has 1 fully saturated rings. The summed E-state index contributed by atoms with van der Waals surface area (Å²) in [4.78, 5) is 36.0. The molecule has 25 heavy (non-hydrogen) atoms. The van der Waals surface area contributed by atoms with Crippen LogP contribution >= 0.6 is 11.6 Å². The third kappa shape index (κ3) is 4.02. The Balaban J connectivity index is 1.68. The maximum atomic E-state index is 12.3. The number of benzene rings is 1. The van der Waals surface area contributed by atoms with E-state index >= 15 is 0 Å². The van der Waals surface area contributed by atoms with E-state index in [2.05, 4.69) is 14.9 Å². The lowest BCUT2D eigenvalue weighted by Crippen LogP contribution is -2.51. The predicted octanol–water partition coefficient (Wildman–Crippen LogP) is 2.27. The normalized spacial score (nSPS) is 16.4. The number of fused-ring (bicyclic) bond motifs is 1. The van der Waals surface area contributed by atoms with E-state index < -0.39 is 0 Å². The highest BCUT2D eigenvalue weighted by atomic mass is 35.5. The number of rotatable bonds is 2. The van der Waals surface area contributed by atoms with Crippen LogP contribution in [0.3, 0.4) is 0 Å². The molecule has 1 aliphatic rings. The Bertz CT molecular complexity index is 848. The molecule has 0 bridgehead atoms. The first-order valence-electron chi connectivity index (χ1n) is 8.44. The zero-order valence-electron chi connectivity index (χ0n) is 14.8. The van der Waals surface area contributed by atoms with Crippen molar-refractivity contribution in [3.63, 3.8) is 0 Å². The van der Waals surface area contributed by atoms with Crippen molar-refractivity contribution in [2.75, 3.05) is 26.2 Å². The van der Waals surface area contributed by atoms with Gasteiger partial charge in [-0.3, -0.25) is 14.5 Å². The number of nitrogens with one attached hydrogen (secondary N) is 1. The maximum absolute atomic E-state index is 12.3. The number of nitrogens with zero attached hydrogens (tertiary/aromatic N) is 3. The van der Waals surface area contributed by atoms with Gasteiger partial charge in [-0.2, -0.15) is 0 Å². The summed E-state index contributed by atoms with van der Waals surface area (Å²) in [6, 6.07) is 5.12. The number of aromatic nitrogens is 2. The van der Waals surface area contributed by atoms with Gasteiger partial charge in [0.25, 0.3) is 5.56 Å². The number of piperazine rings is 1. The second-order valence-electron chi connectivity index (χ2n) is 7.49. The molecule has 0 saturated carbocycles. The lowest BCUT2D eigenvalue weighted by molar-refractivity contribution is -0.141. The summed E-state index contributed by atoms with van der Waals surface area (Å²) >= 11 is 5.94. The fourth-order valence-corrected chi connectivity index (χ4v) is 3.20. The molecule has 0 aliphatic carbocycles. The van der Waals surface area contributed by atoms with Crippen molar-refractivity contribution in [3.05, 3.63) is 39.4 Å². The lowest BCUT2D eigenvalue weighted by atomic mass is 9.94. The first-order valence-corrected chi connectivity index (χ1v) is 8.82. The van der Waals surface area contributed by atoms with Gasteiger partial charge < -0.3 is 9.88 Å². The summed E-state index contributed by atoms with van der Waals surface area (Å²) < 4.78 is 0. The van der Waals surface area contributed by atoms with Crippen molar-refractivity contribution >= 4 is 28.4 Å². The fourth-order valence-electron chi connectivity index (χ4n) is 3.03. The van der Waals surface area contributed by atoms with Gasteiger partial charge in [0.15, 0.2) is 0 Å². The van der Waals surface area contributed by atoms with Crippen LogP contribution in [0.4, 0.5) is 0 Å². The summed E-state index contributed by atoms with van der Waals surface area (Å²) in [7, 11) is 0. The van der Waals surface area contributed by atoms with E-state index in [1.807, 2.05) is 25.7 Å². The monoisotopic (exact) mass is 362 g/mol. The number of halogens is 1. The molecule has 1 amide bonds.